The Balaban J connectivity index is 1.91. The molecule has 1 atom stereocenters. The average Bonchev–Trinajstić information content (AvgIpc) is 2.95. The van der Waals surface area contributed by atoms with Crippen molar-refractivity contribution in [3.63, 3.8) is 0 Å². The highest BCUT2D eigenvalue weighted by atomic mass is 32.2. The van der Waals surface area contributed by atoms with Gasteiger partial charge in [-0.3, -0.25) is 9.78 Å². The van der Waals surface area contributed by atoms with Gasteiger partial charge in [0.05, 0.1) is 24.6 Å². The van der Waals surface area contributed by atoms with Crippen LogP contribution in [0.5, 0.6) is 0 Å². The number of aromatic nitrogens is 1. The van der Waals surface area contributed by atoms with E-state index in [0.29, 0.717) is 17.8 Å². The molecule has 1 unspecified atom stereocenters. The molecule has 0 bridgehead atoms. The Labute approximate surface area is 124 Å². The first-order chi connectivity index (χ1) is 9.94. The molecule has 0 spiro atoms. The Morgan fingerprint density at radius 3 is 3.00 bits per heavy atom. The maximum Gasteiger partial charge on any atom is 0.251 e. The molecule has 21 heavy (non-hydrogen) atoms. The summed E-state index contributed by atoms with van der Waals surface area (Å²) in [6.45, 7) is 1.29. The Kier molecular flexibility index (Phi) is 5.27. The molecule has 0 radical (unpaired) electrons. The molecule has 1 aromatic rings. The number of ether oxygens (including phenoxy) is 1. The van der Waals surface area contributed by atoms with Crippen LogP contribution in [0.25, 0.3) is 0 Å². The van der Waals surface area contributed by atoms with Crippen molar-refractivity contribution in [2.45, 2.75) is 25.5 Å². The summed E-state index contributed by atoms with van der Waals surface area (Å²) in [4.78, 5) is 16.1. The van der Waals surface area contributed by atoms with E-state index in [1.54, 1.807) is 12.1 Å². The third-order valence-electron chi connectivity index (χ3n) is 3.11. The van der Waals surface area contributed by atoms with Gasteiger partial charge in [0.1, 0.15) is 0 Å². The number of hydrogen-bond donors (Lipinski definition) is 2. The van der Waals surface area contributed by atoms with E-state index < -0.39 is 10.0 Å². The van der Waals surface area contributed by atoms with Gasteiger partial charge in [-0.2, -0.15) is 0 Å². The van der Waals surface area contributed by atoms with Crippen LogP contribution in [0.15, 0.2) is 18.3 Å². The van der Waals surface area contributed by atoms with E-state index in [0.717, 1.165) is 25.7 Å². The Hall–Kier alpha value is -1.51. The normalized spacial score (nSPS) is 18.6. The second kappa shape index (κ2) is 6.97. The second-order valence-corrected chi connectivity index (χ2v) is 6.81. The third-order valence-corrected chi connectivity index (χ3v) is 3.78. The highest BCUT2D eigenvalue weighted by Crippen LogP contribution is 2.11. The van der Waals surface area contributed by atoms with Crippen molar-refractivity contribution < 1.29 is 17.9 Å². The Morgan fingerprint density at radius 2 is 2.33 bits per heavy atom. The first kappa shape index (κ1) is 15.9. The lowest BCUT2D eigenvalue weighted by Crippen LogP contribution is -2.32. The topological polar surface area (TPSA) is 97.4 Å². The summed E-state index contributed by atoms with van der Waals surface area (Å²) in [5.74, 6) is -0.214. The standard InChI is InChI=1S/C13H19N3O4S/c1-21(18,19)16-8-11-7-10(4-5-14-11)13(17)15-9-12-3-2-6-20-12/h4-5,7,12,16H,2-3,6,8-9H2,1H3,(H,15,17). The van der Waals surface area contributed by atoms with Crippen molar-refractivity contribution in [2.75, 3.05) is 19.4 Å². The van der Waals surface area contributed by atoms with Crippen molar-refractivity contribution in [1.29, 1.82) is 0 Å². The summed E-state index contributed by atoms with van der Waals surface area (Å²) >= 11 is 0. The van der Waals surface area contributed by atoms with Crippen LogP contribution in [0.4, 0.5) is 0 Å². The summed E-state index contributed by atoms with van der Waals surface area (Å²) in [7, 11) is -3.28. The van der Waals surface area contributed by atoms with Crippen LogP contribution in [0.3, 0.4) is 0 Å². The van der Waals surface area contributed by atoms with Crippen molar-refractivity contribution in [2.24, 2.45) is 0 Å². The van der Waals surface area contributed by atoms with Crippen LogP contribution in [-0.2, 0) is 21.3 Å². The Morgan fingerprint density at radius 1 is 1.52 bits per heavy atom. The maximum atomic E-state index is 12.0. The predicted octanol–water partition coefficient (Wildman–Crippen LogP) is 0.0396. The van der Waals surface area contributed by atoms with Gasteiger partial charge in [-0.05, 0) is 25.0 Å². The van der Waals surface area contributed by atoms with E-state index >= 15 is 0 Å². The fourth-order valence-corrected chi connectivity index (χ4v) is 2.45. The van der Waals surface area contributed by atoms with Gasteiger partial charge >= 0.3 is 0 Å². The number of amides is 1. The SMILES string of the molecule is CS(=O)(=O)NCc1cc(C(=O)NCC2CCCO2)ccn1. The lowest BCUT2D eigenvalue weighted by atomic mass is 10.2. The number of carbonyl (C=O) groups excluding carboxylic acids is 1. The molecule has 0 aromatic carbocycles. The number of sulfonamides is 1. The molecule has 8 heteroatoms. The minimum Gasteiger partial charge on any atom is -0.376 e. The molecular formula is C13H19N3O4S. The predicted molar refractivity (Wildman–Crippen MR) is 77.2 cm³/mol. The third kappa shape index (κ3) is 5.41. The van der Waals surface area contributed by atoms with E-state index in [1.165, 1.54) is 6.20 Å². The monoisotopic (exact) mass is 313 g/mol. The molecule has 7 nitrogen and oxygen atoms in total. The number of pyridine rings is 1. The minimum atomic E-state index is -3.28. The fraction of sp³-hybridized carbons (Fsp3) is 0.538. The number of rotatable bonds is 6. The molecule has 1 aliphatic heterocycles. The quantitative estimate of drug-likeness (QED) is 0.773. The van der Waals surface area contributed by atoms with Gasteiger partial charge in [0.25, 0.3) is 5.91 Å². The molecule has 1 amide bonds. The van der Waals surface area contributed by atoms with Crippen molar-refractivity contribution in [3.05, 3.63) is 29.6 Å². The van der Waals surface area contributed by atoms with Crippen LogP contribution in [0.1, 0.15) is 28.9 Å². The second-order valence-electron chi connectivity index (χ2n) is 4.97. The number of hydrogen-bond acceptors (Lipinski definition) is 5. The van der Waals surface area contributed by atoms with Gasteiger partial charge in [0.15, 0.2) is 0 Å². The summed E-state index contributed by atoms with van der Waals surface area (Å²) in [5, 5.41) is 2.81. The molecule has 1 aliphatic rings. The van der Waals surface area contributed by atoms with E-state index in [1.807, 2.05) is 0 Å². The highest BCUT2D eigenvalue weighted by molar-refractivity contribution is 7.88. The van der Waals surface area contributed by atoms with Gasteiger partial charge in [-0.25, -0.2) is 13.1 Å². The largest absolute Gasteiger partial charge is 0.376 e. The summed E-state index contributed by atoms with van der Waals surface area (Å²) in [6.07, 6.45) is 4.63. The fourth-order valence-electron chi connectivity index (χ4n) is 2.04. The molecule has 1 aromatic heterocycles. The van der Waals surface area contributed by atoms with E-state index in [9.17, 15) is 13.2 Å². The molecular weight excluding hydrogens is 294 g/mol. The van der Waals surface area contributed by atoms with E-state index in [2.05, 4.69) is 15.0 Å². The molecule has 1 fully saturated rings. The average molecular weight is 313 g/mol. The first-order valence-corrected chi connectivity index (χ1v) is 8.62. The van der Waals surface area contributed by atoms with Crippen molar-refractivity contribution >= 4 is 15.9 Å². The zero-order valence-electron chi connectivity index (χ0n) is 11.8. The summed E-state index contributed by atoms with van der Waals surface area (Å²) in [5.41, 5.74) is 0.943. The lowest BCUT2D eigenvalue weighted by molar-refractivity contribution is 0.0857. The van der Waals surface area contributed by atoms with Crippen molar-refractivity contribution in [1.82, 2.24) is 15.0 Å². The first-order valence-electron chi connectivity index (χ1n) is 6.73. The van der Waals surface area contributed by atoms with E-state index in [-0.39, 0.29) is 18.6 Å². The van der Waals surface area contributed by atoms with Crippen LogP contribution in [0, 0.1) is 0 Å². The summed E-state index contributed by atoms with van der Waals surface area (Å²) < 4.78 is 29.9. The van der Waals surface area contributed by atoms with Gasteiger partial charge in [-0.15, -0.1) is 0 Å². The smallest absolute Gasteiger partial charge is 0.251 e. The number of nitrogens with zero attached hydrogens (tertiary/aromatic N) is 1. The van der Waals surface area contributed by atoms with Crippen molar-refractivity contribution in [3.8, 4) is 0 Å². The van der Waals surface area contributed by atoms with Gasteiger partial charge < -0.3 is 10.1 Å². The van der Waals surface area contributed by atoms with Crippen LogP contribution < -0.4 is 10.0 Å². The molecule has 2 N–H and O–H groups in total. The molecule has 2 rings (SSSR count). The Bertz CT molecular complexity index is 597. The minimum absolute atomic E-state index is 0.0612. The van der Waals surface area contributed by atoms with Gasteiger partial charge in [0, 0.05) is 24.9 Å². The molecule has 1 saturated heterocycles. The van der Waals surface area contributed by atoms with E-state index in [4.69, 9.17) is 4.74 Å². The van der Waals surface area contributed by atoms with Gasteiger partial charge in [-0.1, -0.05) is 0 Å². The molecule has 0 saturated carbocycles. The number of nitrogens with one attached hydrogen (secondary N) is 2. The molecule has 2 heterocycles. The summed E-state index contributed by atoms with van der Waals surface area (Å²) in [6, 6.07) is 3.16. The zero-order valence-corrected chi connectivity index (χ0v) is 12.6. The highest BCUT2D eigenvalue weighted by Gasteiger charge is 2.16. The van der Waals surface area contributed by atoms with Crippen LogP contribution in [-0.4, -0.2) is 44.8 Å². The maximum absolute atomic E-state index is 12.0. The van der Waals surface area contributed by atoms with Gasteiger partial charge in [0.2, 0.25) is 10.0 Å². The lowest BCUT2D eigenvalue weighted by Gasteiger charge is -2.11. The van der Waals surface area contributed by atoms with Crippen LogP contribution in [0.2, 0.25) is 0 Å². The van der Waals surface area contributed by atoms with Crippen LogP contribution >= 0.6 is 0 Å². The zero-order chi connectivity index (χ0) is 15.3. The molecule has 116 valence electrons. The number of carbonyl (C=O) groups is 1. The molecule has 0 aliphatic carbocycles.